The Morgan fingerprint density at radius 3 is 1.71 bits per heavy atom. The highest BCUT2D eigenvalue weighted by molar-refractivity contribution is 5.90. The van der Waals surface area contributed by atoms with Gasteiger partial charge in [-0.2, -0.15) is 0 Å². The highest BCUT2D eigenvalue weighted by Crippen LogP contribution is 2.29. The van der Waals surface area contributed by atoms with Crippen molar-refractivity contribution in [3.05, 3.63) is 109 Å². The number of fused-ring (bicyclic) bond motifs is 1. The highest BCUT2D eigenvalue weighted by Gasteiger charge is 2.05. The van der Waals surface area contributed by atoms with Crippen molar-refractivity contribution in [2.75, 3.05) is 0 Å². The first-order valence-electron chi connectivity index (χ1n) is 9.34. The summed E-state index contributed by atoms with van der Waals surface area (Å²) in [6.45, 7) is 0. The molecule has 0 bridgehead atoms. The van der Waals surface area contributed by atoms with Crippen LogP contribution < -0.4 is 0 Å². The van der Waals surface area contributed by atoms with Gasteiger partial charge in [0.25, 0.3) is 0 Å². The molecule has 2 heteroatoms. The summed E-state index contributed by atoms with van der Waals surface area (Å²) in [6.07, 6.45) is 3.71. The molecule has 132 valence electrons. The lowest BCUT2D eigenvalue weighted by atomic mass is 9.98. The van der Waals surface area contributed by atoms with Crippen LogP contribution in [0.2, 0.25) is 0 Å². The molecule has 0 amide bonds. The summed E-state index contributed by atoms with van der Waals surface area (Å²) in [5.41, 5.74) is 6.53. The van der Waals surface area contributed by atoms with Crippen LogP contribution in [0.25, 0.3) is 44.4 Å². The van der Waals surface area contributed by atoms with Gasteiger partial charge in [0.15, 0.2) is 0 Å². The molecule has 0 fully saturated rings. The van der Waals surface area contributed by atoms with Crippen LogP contribution in [0.1, 0.15) is 0 Å². The summed E-state index contributed by atoms with van der Waals surface area (Å²) < 4.78 is 0. The zero-order chi connectivity index (χ0) is 18.8. The van der Waals surface area contributed by atoms with E-state index in [1.807, 2.05) is 36.5 Å². The molecule has 5 aromatic rings. The maximum absolute atomic E-state index is 4.60. The van der Waals surface area contributed by atoms with Gasteiger partial charge in [-0.05, 0) is 57.8 Å². The van der Waals surface area contributed by atoms with Gasteiger partial charge in [-0.1, -0.05) is 66.7 Å². The van der Waals surface area contributed by atoms with Gasteiger partial charge in [0.05, 0.1) is 11.4 Å². The zero-order valence-corrected chi connectivity index (χ0v) is 15.3. The molecule has 5 rings (SSSR count). The molecule has 0 unspecified atom stereocenters. The summed E-state index contributed by atoms with van der Waals surface area (Å²) in [6, 6.07) is 33.7. The van der Waals surface area contributed by atoms with E-state index in [9.17, 15) is 0 Å². The first-order valence-corrected chi connectivity index (χ1v) is 9.34. The van der Waals surface area contributed by atoms with Gasteiger partial charge >= 0.3 is 0 Å². The van der Waals surface area contributed by atoms with Gasteiger partial charge in [0.2, 0.25) is 0 Å². The summed E-state index contributed by atoms with van der Waals surface area (Å²) in [5, 5.41) is 2.47. The van der Waals surface area contributed by atoms with Crippen molar-refractivity contribution in [1.82, 2.24) is 9.97 Å². The first kappa shape index (κ1) is 16.4. The van der Waals surface area contributed by atoms with E-state index in [1.54, 1.807) is 6.20 Å². The van der Waals surface area contributed by atoms with Crippen molar-refractivity contribution in [3.8, 4) is 33.6 Å². The predicted molar refractivity (Wildman–Crippen MR) is 116 cm³/mol. The average Bonchev–Trinajstić information content (AvgIpc) is 2.80. The number of pyridine rings is 2. The smallest absolute Gasteiger partial charge is 0.0886 e. The van der Waals surface area contributed by atoms with E-state index in [4.69, 9.17) is 0 Å². The van der Waals surface area contributed by atoms with Crippen molar-refractivity contribution in [2.45, 2.75) is 0 Å². The molecule has 0 aliphatic rings. The second-order valence-electron chi connectivity index (χ2n) is 6.79. The largest absolute Gasteiger partial charge is 0.255 e. The van der Waals surface area contributed by atoms with Crippen LogP contribution in [0.4, 0.5) is 0 Å². The van der Waals surface area contributed by atoms with Crippen molar-refractivity contribution in [1.29, 1.82) is 0 Å². The Balaban J connectivity index is 1.48. The van der Waals surface area contributed by atoms with E-state index in [-0.39, 0.29) is 0 Å². The molecule has 0 aliphatic carbocycles. The Hall–Kier alpha value is -3.78. The van der Waals surface area contributed by atoms with Crippen LogP contribution in [0.5, 0.6) is 0 Å². The van der Waals surface area contributed by atoms with E-state index >= 15 is 0 Å². The van der Waals surface area contributed by atoms with Gasteiger partial charge in [-0.25, -0.2) is 0 Å². The van der Waals surface area contributed by atoms with E-state index in [2.05, 4.69) is 76.7 Å². The quantitative estimate of drug-likeness (QED) is 0.362. The molecule has 0 radical (unpaired) electrons. The topological polar surface area (TPSA) is 25.8 Å². The monoisotopic (exact) mass is 358 g/mol. The Kier molecular flexibility index (Phi) is 4.15. The zero-order valence-electron chi connectivity index (χ0n) is 15.3. The molecular formula is C26H18N2. The van der Waals surface area contributed by atoms with Gasteiger partial charge in [-0.3, -0.25) is 9.97 Å². The van der Waals surface area contributed by atoms with Crippen molar-refractivity contribution < 1.29 is 0 Å². The normalized spacial score (nSPS) is 10.9. The minimum atomic E-state index is 0.887. The maximum Gasteiger partial charge on any atom is 0.0886 e. The molecule has 0 aliphatic heterocycles. The third-order valence-corrected chi connectivity index (χ3v) is 4.97. The van der Waals surface area contributed by atoms with Gasteiger partial charge in [0.1, 0.15) is 0 Å². The third-order valence-electron chi connectivity index (χ3n) is 4.97. The van der Waals surface area contributed by atoms with Gasteiger partial charge in [0, 0.05) is 18.0 Å². The molecule has 2 nitrogen and oxygen atoms in total. The fourth-order valence-electron chi connectivity index (χ4n) is 3.47. The lowest BCUT2D eigenvalue weighted by Gasteiger charge is -2.07. The first-order chi connectivity index (χ1) is 13.9. The fraction of sp³-hybridized carbons (Fsp3) is 0. The van der Waals surface area contributed by atoms with Crippen molar-refractivity contribution in [2.24, 2.45) is 0 Å². The van der Waals surface area contributed by atoms with E-state index in [1.165, 1.54) is 27.5 Å². The van der Waals surface area contributed by atoms with Gasteiger partial charge in [-0.15, -0.1) is 0 Å². The Morgan fingerprint density at radius 2 is 1.07 bits per heavy atom. The molecular weight excluding hydrogens is 340 g/mol. The summed E-state index contributed by atoms with van der Waals surface area (Å²) >= 11 is 0. The Labute approximate surface area is 164 Å². The van der Waals surface area contributed by atoms with Crippen LogP contribution in [0, 0.1) is 0 Å². The van der Waals surface area contributed by atoms with Crippen LogP contribution in [0.3, 0.4) is 0 Å². The van der Waals surface area contributed by atoms with Crippen LogP contribution in [-0.4, -0.2) is 9.97 Å². The standard InChI is InChI=1S/C26H18N2/c1-2-6-19(7-3-1)20-9-10-22-17-23(12-11-21(22)16-20)24-13-14-26(28-18-24)25-8-4-5-15-27-25/h1-18H. The summed E-state index contributed by atoms with van der Waals surface area (Å²) in [7, 11) is 0. The van der Waals surface area contributed by atoms with Crippen LogP contribution in [0.15, 0.2) is 109 Å². The lowest BCUT2D eigenvalue weighted by Crippen LogP contribution is -1.87. The van der Waals surface area contributed by atoms with E-state index in [0.29, 0.717) is 0 Å². The molecule has 0 atom stereocenters. The molecule has 0 saturated heterocycles. The number of rotatable bonds is 3. The van der Waals surface area contributed by atoms with E-state index < -0.39 is 0 Å². The summed E-state index contributed by atoms with van der Waals surface area (Å²) in [4.78, 5) is 8.96. The molecule has 28 heavy (non-hydrogen) atoms. The number of hydrogen-bond donors (Lipinski definition) is 0. The molecule has 2 aromatic heterocycles. The van der Waals surface area contributed by atoms with Crippen LogP contribution in [-0.2, 0) is 0 Å². The molecule has 0 spiro atoms. The molecule has 0 saturated carbocycles. The minimum Gasteiger partial charge on any atom is -0.255 e. The Bertz CT molecular complexity index is 1230. The number of benzene rings is 3. The number of hydrogen-bond acceptors (Lipinski definition) is 2. The third kappa shape index (κ3) is 3.17. The predicted octanol–water partition coefficient (Wildman–Crippen LogP) is 6.63. The fourth-order valence-corrected chi connectivity index (χ4v) is 3.47. The van der Waals surface area contributed by atoms with Crippen molar-refractivity contribution >= 4 is 10.8 Å². The summed E-state index contributed by atoms with van der Waals surface area (Å²) in [5.74, 6) is 0. The number of aromatic nitrogens is 2. The van der Waals surface area contributed by atoms with Gasteiger partial charge < -0.3 is 0 Å². The highest BCUT2D eigenvalue weighted by atomic mass is 14.8. The van der Waals surface area contributed by atoms with Crippen molar-refractivity contribution in [3.63, 3.8) is 0 Å². The second kappa shape index (κ2) is 7.09. The molecule has 3 aromatic carbocycles. The molecule has 2 heterocycles. The molecule has 0 N–H and O–H groups in total. The Morgan fingerprint density at radius 1 is 0.429 bits per heavy atom. The number of nitrogens with zero attached hydrogens (tertiary/aromatic N) is 2. The maximum atomic E-state index is 4.60. The second-order valence-corrected chi connectivity index (χ2v) is 6.79. The SMILES string of the molecule is c1ccc(-c2ccc3cc(-c4ccc(-c5ccccn5)nc4)ccc3c2)cc1. The van der Waals surface area contributed by atoms with Crippen LogP contribution >= 0.6 is 0 Å². The van der Waals surface area contributed by atoms with E-state index in [0.717, 1.165) is 17.0 Å². The lowest BCUT2D eigenvalue weighted by molar-refractivity contribution is 1.25. The minimum absolute atomic E-state index is 0.887. The average molecular weight is 358 g/mol.